The number of nitrogens with zero attached hydrogens (tertiary/aromatic N) is 1. The molecule has 0 aromatic carbocycles. The van der Waals surface area contributed by atoms with Crippen LogP contribution < -0.4 is 5.73 Å². The predicted octanol–water partition coefficient (Wildman–Crippen LogP) is 1.47. The second-order valence-electron chi connectivity index (χ2n) is 4.59. The van der Waals surface area contributed by atoms with E-state index in [1.165, 1.54) is 38.6 Å². The Hall–Kier alpha value is -0.120. The smallest absolute Gasteiger partial charge is 0.0589 e. The Morgan fingerprint density at radius 1 is 1.20 bits per heavy atom. The van der Waals surface area contributed by atoms with E-state index in [-0.39, 0.29) is 0 Å². The molecule has 15 heavy (non-hydrogen) atoms. The number of rotatable bonds is 7. The Balaban J connectivity index is 2.21. The summed E-state index contributed by atoms with van der Waals surface area (Å²) < 4.78 is 5.13. The van der Waals surface area contributed by atoms with Crippen LogP contribution in [0.25, 0.3) is 0 Å². The van der Waals surface area contributed by atoms with Crippen LogP contribution in [0.15, 0.2) is 0 Å². The van der Waals surface area contributed by atoms with Crippen molar-refractivity contribution in [3.8, 4) is 0 Å². The van der Waals surface area contributed by atoms with Crippen molar-refractivity contribution in [1.29, 1.82) is 0 Å². The normalized spacial score (nSPS) is 18.6. The fourth-order valence-corrected chi connectivity index (χ4v) is 2.43. The van der Waals surface area contributed by atoms with Gasteiger partial charge in [0.15, 0.2) is 0 Å². The van der Waals surface area contributed by atoms with Gasteiger partial charge < -0.3 is 10.5 Å². The van der Waals surface area contributed by atoms with Crippen LogP contribution >= 0.6 is 0 Å². The van der Waals surface area contributed by atoms with Crippen LogP contribution in [0.1, 0.15) is 32.1 Å². The summed E-state index contributed by atoms with van der Waals surface area (Å²) in [5.74, 6) is 0.905. The van der Waals surface area contributed by atoms with E-state index in [4.69, 9.17) is 10.5 Å². The van der Waals surface area contributed by atoms with Crippen LogP contribution in [0, 0.1) is 5.92 Å². The summed E-state index contributed by atoms with van der Waals surface area (Å²) in [7, 11) is 1.77. The minimum atomic E-state index is 0.760. The zero-order valence-corrected chi connectivity index (χ0v) is 10.1. The summed E-state index contributed by atoms with van der Waals surface area (Å²) >= 11 is 0. The molecule has 1 fully saturated rings. The lowest BCUT2D eigenvalue weighted by molar-refractivity contribution is 0.131. The third-order valence-corrected chi connectivity index (χ3v) is 3.30. The molecule has 0 atom stereocenters. The third-order valence-electron chi connectivity index (χ3n) is 3.30. The topological polar surface area (TPSA) is 38.5 Å². The SMILES string of the molecule is COCCN(CCN)CC1CCCCC1. The molecule has 0 aromatic heterocycles. The molecule has 0 aliphatic heterocycles. The number of nitrogens with two attached hydrogens (primary N) is 1. The lowest BCUT2D eigenvalue weighted by atomic mass is 9.89. The molecule has 0 spiro atoms. The molecular formula is C12H26N2O. The van der Waals surface area contributed by atoms with Gasteiger partial charge in [-0.25, -0.2) is 0 Å². The molecule has 0 saturated heterocycles. The molecule has 0 bridgehead atoms. The Bertz CT molecular complexity index is 147. The van der Waals surface area contributed by atoms with Gasteiger partial charge in [-0.1, -0.05) is 19.3 Å². The van der Waals surface area contributed by atoms with Crippen LogP contribution in [0.5, 0.6) is 0 Å². The standard InChI is InChI=1S/C12H26N2O/c1-15-10-9-14(8-7-13)11-12-5-3-2-4-6-12/h12H,2-11,13H2,1H3. The Morgan fingerprint density at radius 3 is 2.53 bits per heavy atom. The molecule has 1 saturated carbocycles. The Kier molecular flexibility index (Phi) is 6.98. The molecule has 0 unspecified atom stereocenters. The first kappa shape index (κ1) is 12.9. The van der Waals surface area contributed by atoms with Crippen molar-refractivity contribution in [2.24, 2.45) is 11.7 Å². The first-order valence-electron chi connectivity index (χ1n) is 6.28. The summed E-state index contributed by atoms with van der Waals surface area (Å²) in [6.45, 7) is 4.85. The molecule has 0 radical (unpaired) electrons. The van der Waals surface area contributed by atoms with Crippen LogP contribution in [-0.2, 0) is 4.74 Å². The van der Waals surface area contributed by atoms with E-state index in [1.54, 1.807) is 7.11 Å². The molecule has 90 valence electrons. The van der Waals surface area contributed by atoms with Gasteiger partial charge in [0.05, 0.1) is 6.61 Å². The molecular weight excluding hydrogens is 188 g/mol. The van der Waals surface area contributed by atoms with Gasteiger partial charge >= 0.3 is 0 Å². The Labute approximate surface area is 94.0 Å². The van der Waals surface area contributed by atoms with Crippen molar-refractivity contribution in [3.05, 3.63) is 0 Å². The van der Waals surface area contributed by atoms with Gasteiger partial charge in [0.2, 0.25) is 0 Å². The maximum atomic E-state index is 5.62. The summed E-state index contributed by atoms with van der Waals surface area (Å²) in [4.78, 5) is 2.46. The van der Waals surface area contributed by atoms with E-state index in [2.05, 4.69) is 4.90 Å². The maximum Gasteiger partial charge on any atom is 0.0589 e. The zero-order chi connectivity index (χ0) is 10.9. The lowest BCUT2D eigenvalue weighted by Crippen LogP contribution is -2.36. The average molecular weight is 214 g/mol. The highest BCUT2D eigenvalue weighted by atomic mass is 16.5. The van der Waals surface area contributed by atoms with Crippen LogP contribution in [-0.4, -0.2) is 44.8 Å². The van der Waals surface area contributed by atoms with Gasteiger partial charge in [-0.2, -0.15) is 0 Å². The predicted molar refractivity (Wildman–Crippen MR) is 63.9 cm³/mol. The molecule has 1 aliphatic carbocycles. The van der Waals surface area contributed by atoms with Crippen molar-refractivity contribution in [3.63, 3.8) is 0 Å². The molecule has 0 amide bonds. The minimum absolute atomic E-state index is 0.760. The van der Waals surface area contributed by atoms with E-state index in [9.17, 15) is 0 Å². The van der Waals surface area contributed by atoms with Crippen molar-refractivity contribution < 1.29 is 4.74 Å². The summed E-state index contributed by atoms with van der Waals surface area (Å²) in [5.41, 5.74) is 5.62. The first-order chi connectivity index (χ1) is 7.36. The van der Waals surface area contributed by atoms with Gasteiger partial charge in [-0.3, -0.25) is 4.90 Å². The van der Waals surface area contributed by atoms with Gasteiger partial charge in [0.25, 0.3) is 0 Å². The lowest BCUT2D eigenvalue weighted by Gasteiger charge is -2.29. The van der Waals surface area contributed by atoms with Crippen LogP contribution in [0.2, 0.25) is 0 Å². The van der Waals surface area contributed by atoms with Crippen molar-refractivity contribution in [2.75, 3.05) is 39.9 Å². The second kappa shape index (κ2) is 8.08. The largest absolute Gasteiger partial charge is 0.383 e. The van der Waals surface area contributed by atoms with Gasteiger partial charge in [0, 0.05) is 33.3 Å². The molecule has 1 aliphatic rings. The maximum absolute atomic E-state index is 5.62. The monoisotopic (exact) mass is 214 g/mol. The minimum Gasteiger partial charge on any atom is -0.383 e. The van der Waals surface area contributed by atoms with Gasteiger partial charge in [-0.05, 0) is 18.8 Å². The Morgan fingerprint density at radius 2 is 1.93 bits per heavy atom. The van der Waals surface area contributed by atoms with E-state index in [1.807, 2.05) is 0 Å². The number of hydrogen-bond acceptors (Lipinski definition) is 3. The van der Waals surface area contributed by atoms with Crippen molar-refractivity contribution in [1.82, 2.24) is 4.90 Å². The van der Waals surface area contributed by atoms with E-state index in [0.29, 0.717) is 0 Å². The first-order valence-corrected chi connectivity index (χ1v) is 6.28. The number of hydrogen-bond donors (Lipinski definition) is 1. The molecule has 2 N–H and O–H groups in total. The van der Waals surface area contributed by atoms with E-state index < -0.39 is 0 Å². The molecule has 3 heteroatoms. The number of methoxy groups -OCH3 is 1. The highest BCUT2D eigenvalue weighted by molar-refractivity contribution is 4.70. The fourth-order valence-electron chi connectivity index (χ4n) is 2.43. The summed E-state index contributed by atoms with van der Waals surface area (Å²) in [6.07, 6.45) is 7.10. The highest BCUT2D eigenvalue weighted by Gasteiger charge is 2.16. The van der Waals surface area contributed by atoms with Crippen LogP contribution in [0.4, 0.5) is 0 Å². The average Bonchev–Trinajstić information content (AvgIpc) is 2.28. The number of ether oxygens (including phenoxy) is 1. The van der Waals surface area contributed by atoms with E-state index in [0.717, 1.165) is 32.2 Å². The van der Waals surface area contributed by atoms with Crippen molar-refractivity contribution >= 4 is 0 Å². The third kappa shape index (κ3) is 5.50. The second-order valence-corrected chi connectivity index (χ2v) is 4.59. The molecule has 3 nitrogen and oxygen atoms in total. The molecule has 0 heterocycles. The van der Waals surface area contributed by atoms with Gasteiger partial charge in [-0.15, -0.1) is 0 Å². The van der Waals surface area contributed by atoms with Crippen LogP contribution in [0.3, 0.4) is 0 Å². The van der Waals surface area contributed by atoms with E-state index >= 15 is 0 Å². The molecule has 1 rings (SSSR count). The fraction of sp³-hybridized carbons (Fsp3) is 1.00. The zero-order valence-electron chi connectivity index (χ0n) is 10.1. The van der Waals surface area contributed by atoms with Gasteiger partial charge in [0.1, 0.15) is 0 Å². The quantitative estimate of drug-likeness (QED) is 0.697. The molecule has 0 aromatic rings. The summed E-state index contributed by atoms with van der Waals surface area (Å²) in [6, 6.07) is 0. The highest BCUT2D eigenvalue weighted by Crippen LogP contribution is 2.24. The van der Waals surface area contributed by atoms with Crippen molar-refractivity contribution in [2.45, 2.75) is 32.1 Å². The summed E-state index contributed by atoms with van der Waals surface area (Å²) in [5, 5.41) is 0.